The van der Waals surface area contributed by atoms with Crippen LogP contribution in [0.1, 0.15) is 29.8 Å². The van der Waals surface area contributed by atoms with Gasteiger partial charge in [-0.15, -0.1) is 0 Å². The van der Waals surface area contributed by atoms with E-state index in [4.69, 9.17) is 9.47 Å². The molecule has 0 fully saturated rings. The van der Waals surface area contributed by atoms with Gasteiger partial charge in [0.15, 0.2) is 5.78 Å². The van der Waals surface area contributed by atoms with Gasteiger partial charge in [-0.1, -0.05) is 13.8 Å². The molecule has 1 atom stereocenters. The lowest BCUT2D eigenvalue weighted by atomic mass is 10.1. The predicted molar refractivity (Wildman–Crippen MR) is 70.3 cm³/mol. The van der Waals surface area contributed by atoms with E-state index in [9.17, 15) is 9.59 Å². The first-order chi connectivity index (χ1) is 9.02. The Hall–Kier alpha value is -1.84. The summed E-state index contributed by atoms with van der Waals surface area (Å²) >= 11 is 0. The largest absolute Gasteiger partial charge is 0.497 e. The summed E-state index contributed by atoms with van der Waals surface area (Å²) in [4.78, 5) is 24.0. The van der Waals surface area contributed by atoms with Gasteiger partial charge >= 0.3 is 5.97 Å². The Balaban J connectivity index is 2.12. The van der Waals surface area contributed by atoms with E-state index in [1.807, 2.05) is 19.9 Å². The van der Waals surface area contributed by atoms with Crippen LogP contribution in [0, 0.1) is 11.8 Å². The van der Waals surface area contributed by atoms with Crippen LogP contribution in [0.15, 0.2) is 18.2 Å². The molecule has 0 spiro atoms. The van der Waals surface area contributed by atoms with Crippen LogP contribution in [0.5, 0.6) is 5.75 Å². The number of Topliss-reactive ketones (excluding diaryl/α,β-unsaturated/α-hetero) is 1. The van der Waals surface area contributed by atoms with Gasteiger partial charge in [0.25, 0.3) is 0 Å². The normalized spacial score (nSPS) is 17.5. The van der Waals surface area contributed by atoms with Gasteiger partial charge < -0.3 is 9.47 Å². The molecule has 0 amide bonds. The monoisotopic (exact) mass is 262 g/mol. The van der Waals surface area contributed by atoms with Crippen molar-refractivity contribution < 1.29 is 19.1 Å². The van der Waals surface area contributed by atoms with Gasteiger partial charge in [0.2, 0.25) is 0 Å². The average molecular weight is 262 g/mol. The van der Waals surface area contributed by atoms with Gasteiger partial charge in [-0.25, -0.2) is 0 Å². The number of ketones is 1. The number of ether oxygens (including phenoxy) is 2. The first kappa shape index (κ1) is 13.6. The highest BCUT2D eigenvalue weighted by Gasteiger charge is 2.37. The Labute approximate surface area is 112 Å². The van der Waals surface area contributed by atoms with Crippen LogP contribution < -0.4 is 4.74 Å². The van der Waals surface area contributed by atoms with E-state index in [1.54, 1.807) is 19.2 Å². The number of esters is 1. The zero-order chi connectivity index (χ0) is 14.0. The van der Waals surface area contributed by atoms with Crippen molar-refractivity contribution in [2.45, 2.75) is 20.3 Å². The fourth-order valence-electron chi connectivity index (χ4n) is 2.15. The van der Waals surface area contributed by atoms with Crippen molar-refractivity contribution in [3.8, 4) is 5.75 Å². The molecule has 2 rings (SSSR count). The highest BCUT2D eigenvalue weighted by Crippen LogP contribution is 2.30. The minimum atomic E-state index is -0.694. The number of benzene rings is 1. The first-order valence-corrected chi connectivity index (χ1v) is 6.40. The number of hydrogen-bond donors (Lipinski definition) is 0. The minimum absolute atomic E-state index is 0.147. The molecule has 0 saturated carbocycles. The van der Waals surface area contributed by atoms with E-state index in [0.717, 1.165) is 5.56 Å². The molecule has 0 bridgehead atoms. The summed E-state index contributed by atoms with van der Waals surface area (Å²) < 4.78 is 10.3. The predicted octanol–water partition coefficient (Wildman–Crippen LogP) is 2.25. The van der Waals surface area contributed by atoms with Crippen LogP contribution in [0.3, 0.4) is 0 Å². The molecule has 1 unspecified atom stereocenters. The standard InChI is InChI=1S/C15H18O4/c1-9(2)8-19-15(17)13-7-10-6-11(18-3)4-5-12(10)14(13)16/h4-6,9,13H,7-8H2,1-3H3. The number of carbonyl (C=O) groups is 2. The van der Waals surface area contributed by atoms with Gasteiger partial charge in [-0.2, -0.15) is 0 Å². The van der Waals surface area contributed by atoms with E-state index in [-0.39, 0.29) is 11.7 Å². The zero-order valence-electron chi connectivity index (χ0n) is 11.4. The van der Waals surface area contributed by atoms with Crippen molar-refractivity contribution in [1.82, 2.24) is 0 Å². The maximum absolute atomic E-state index is 12.1. The van der Waals surface area contributed by atoms with Gasteiger partial charge in [-0.3, -0.25) is 9.59 Å². The quantitative estimate of drug-likeness (QED) is 0.617. The number of methoxy groups -OCH3 is 1. The Morgan fingerprint density at radius 2 is 2.16 bits per heavy atom. The summed E-state index contributed by atoms with van der Waals surface area (Å²) in [5.74, 6) is -0.299. The highest BCUT2D eigenvalue weighted by molar-refractivity contribution is 6.12. The molecule has 4 heteroatoms. The Bertz CT molecular complexity index is 505. The molecule has 1 aliphatic rings. The van der Waals surface area contributed by atoms with Crippen LogP contribution in [-0.4, -0.2) is 25.5 Å². The molecule has 0 aromatic heterocycles. The second kappa shape index (κ2) is 5.43. The van der Waals surface area contributed by atoms with Crippen molar-refractivity contribution in [3.63, 3.8) is 0 Å². The average Bonchev–Trinajstić information content (AvgIpc) is 2.72. The third-order valence-corrected chi connectivity index (χ3v) is 3.16. The third kappa shape index (κ3) is 2.78. The van der Waals surface area contributed by atoms with Crippen LogP contribution >= 0.6 is 0 Å². The Kier molecular flexibility index (Phi) is 3.88. The van der Waals surface area contributed by atoms with Crippen molar-refractivity contribution in [1.29, 1.82) is 0 Å². The first-order valence-electron chi connectivity index (χ1n) is 6.40. The SMILES string of the molecule is COc1ccc2c(c1)CC(C(=O)OCC(C)C)C2=O. The summed E-state index contributed by atoms with van der Waals surface area (Å²) in [6.45, 7) is 4.27. The van der Waals surface area contributed by atoms with Gasteiger partial charge in [0.05, 0.1) is 13.7 Å². The fraction of sp³-hybridized carbons (Fsp3) is 0.467. The molecule has 1 aliphatic carbocycles. The zero-order valence-corrected chi connectivity index (χ0v) is 11.4. The molecule has 0 N–H and O–H groups in total. The maximum atomic E-state index is 12.1. The molecular formula is C15H18O4. The number of fused-ring (bicyclic) bond motifs is 1. The molecule has 0 heterocycles. The lowest BCUT2D eigenvalue weighted by molar-refractivity contribution is -0.147. The van der Waals surface area contributed by atoms with Crippen molar-refractivity contribution in [2.24, 2.45) is 11.8 Å². The van der Waals surface area contributed by atoms with E-state index in [0.29, 0.717) is 24.3 Å². The molecule has 0 saturated heterocycles. The fourth-order valence-corrected chi connectivity index (χ4v) is 2.15. The molecule has 0 radical (unpaired) electrons. The molecule has 4 nitrogen and oxygen atoms in total. The van der Waals surface area contributed by atoms with Crippen molar-refractivity contribution in [2.75, 3.05) is 13.7 Å². The molecule has 19 heavy (non-hydrogen) atoms. The molecular weight excluding hydrogens is 244 g/mol. The van der Waals surface area contributed by atoms with Crippen LogP contribution in [0.25, 0.3) is 0 Å². The van der Waals surface area contributed by atoms with Crippen LogP contribution in [0.4, 0.5) is 0 Å². The molecule has 1 aromatic rings. The molecule has 1 aromatic carbocycles. The third-order valence-electron chi connectivity index (χ3n) is 3.16. The van der Waals surface area contributed by atoms with E-state index in [2.05, 4.69) is 0 Å². The van der Waals surface area contributed by atoms with E-state index >= 15 is 0 Å². The summed E-state index contributed by atoms with van der Waals surface area (Å²) in [6.07, 6.45) is 0.405. The summed E-state index contributed by atoms with van der Waals surface area (Å²) in [5.41, 5.74) is 1.46. The van der Waals surface area contributed by atoms with Gasteiger partial charge in [0, 0.05) is 5.56 Å². The van der Waals surface area contributed by atoms with E-state index in [1.165, 1.54) is 0 Å². The minimum Gasteiger partial charge on any atom is -0.497 e. The lowest BCUT2D eigenvalue weighted by Gasteiger charge is -2.10. The van der Waals surface area contributed by atoms with Crippen molar-refractivity contribution >= 4 is 11.8 Å². The second-order valence-corrected chi connectivity index (χ2v) is 5.17. The molecule has 102 valence electrons. The van der Waals surface area contributed by atoms with Crippen LogP contribution in [-0.2, 0) is 16.0 Å². The topological polar surface area (TPSA) is 52.6 Å². The highest BCUT2D eigenvalue weighted by atomic mass is 16.5. The van der Waals surface area contributed by atoms with Gasteiger partial charge in [-0.05, 0) is 36.1 Å². The Morgan fingerprint density at radius 3 is 2.79 bits per heavy atom. The number of rotatable bonds is 4. The van der Waals surface area contributed by atoms with Gasteiger partial charge in [0.1, 0.15) is 11.7 Å². The number of carbonyl (C=O) groups excluding carboxylic acids is 2. The second-order valence-electron chi connectivity index (χ2n) is 5.17. The summed E-state index contributed by atoms with van der Waals surface area (Å²) in [6, 6.07) is 5.26. The van der Waals surface area contributed by atoms with Crippen molar-refractivity contribution in [3.05, 3.63) is 29.3 Å². The lowest BCUT2D eigenvalue weighted by Crippen LogP contribution is -2.24. The smallest absolute Gasteiger partial charge is 0.317 e. The van der Waals surface area contributed by atoms with Crippen LogP contribution in [0.2, 0.25) is 0 Å². The summed E-state index contributed by atoms with van der Waals surface area (Å²) in [7, 11) is 1.58. The van der Waals surface area contributed by atoms with E-state index < -0.39 is 11.9 Å². The number of hydrogen-bond acceptors (Lipinski definition) is 4. The Morgan fingerprint density at radius 1 is 1.42 bits per heavy atom. The maximum Gasteiger partial charge on any atom is 0.317 e. The summed E-state index contributed by atoms with van der Waals surface area (Å²) in [5, 5.41) is 0. The molecule has 0 aliphatic heterocycles.